The minimum Gasteiger partial charge on any atom is -0.397 e. The monoisotopic (exact) mass is 307 g/mol. The quantitative estimate of drug-likeness (QED) is 0.853. The third-order valence-electron chi connectivity index (χ3n) is 2.90. The summed E-state index contributed by atoms with van der Waals surface area (Å²) in [5.41, 5.74) is 7.93. The van der Waals surface area contributed by atoms with Crippen molar-refractivity contribution in [3.05, 3.63) is 52.8 Å². The van der Waals surface area contributed by atoms with Gasteiger partial charge in [-0.1, -0.05) is 11.6 Å². The van der Waals surface area contributed by atoms with Crippen LogP contribution in [0.4, 0.5) is 21.5 Å². The average molecular weight is 308 g/mol. The van der Waals surface area contributed by atoms with Gasteiger partial charge in [0.1, 0.15) is 5.82 Å². The fourth-order valence-electron chi connectivity index (χ4n) is 1.80. The summed E-state index contributed by atoms with van der Waals surface area (Å²) in [6.07, 6.45) is 0. The second kappa shape index (κ2) is 6.01. The van der Waals surface area contributed by atoms with E-state index >= 15 is 0 Å². The Morgan fingerprint density at radius 1 is 1.24 bits per heavy atom. The van der Waals surface area contributed by atoms with Crippen LogP contribution >= 0.6 is 11.6 Å². The minimum absolute atomic E-state index is 0.0560. The zero-order valence-electron chi connectivity index (χ0n) is 11.7. The van der Waals surface area contributed by atoms with Gasteiger partial charge in [-0.2, -0.15) is 0 Å². The molecule has 21 heavy (non-hydrogen) atoms. The van der Waals surface area contributed by atoms with E-state index in [9.17, 15) is 9.18 Å². The molecule has 0 heterocycles. The molecule has 3 N–H and O–H groups in total. The molecule has 1 amide bonds. The number of nitrogens with two attached hydrogens (primary N) is 1. The van der Waals surface area contributed by atoms with E-state index in [0.717, 1.165) is 0 Å². The third kappa shape index (κ3) is 3.44. The van der Waals surface area contributed by atoms with Gasteiger partial charge in [-0.3, -0.25) is 4.79 Å². The van der Waals surface area contributed by atoms with Crippen molar-refractivity contribution in [2.45, 2.75) is 0 Å². The van der Waals surface area contributed by atoms with Crippen molar-refractivity contribution in [1.82, 2.24) is 4.90 Å². The maximum atomic E-state index is 13.4. The first-order valence-corrected chi connectivity index (χ1v) is 6.59. The predicted octanol–water partition coefficient (Wildman–Crippen LogP) is 3.51. The number of nitrogens with one attached hydrogen (secondary N) is 1. The molecule has 0 aliphatic carbocycles. The van der Waals surface area contributed by atoms with Gasteiger partial charge < -0.3 is 16.0 Å². The van der Waals surface area contributed by atoms with Crippen LogP contribution in [0.25, 0.3) is 0 Å². The summed E-state index contributed by atoms with van der Waals surface area (Å²) in [6, 6.07) is 9.30. The second-order valence-electron chi connectivity index (χ2n) is 4.76. The van der Waals surface area contributed by atoms with Crippen LogP contribution in [0.3, 0.4) is 0 Å². The molecule has 2 rings (SSSR count). The molecule has 110 valence electrons. The van der Waals surface area contributed by atoms with Crippen molar-refractivity contribution >= 4 is 34.6 Å². The summed E-state index contributed by atoms with van der Waals surface area (Å²) >= 11 is 5.63. The van der Waals surface area contributed by atoms with Gasteiger partial charge >= 0.3 is 0 Å². The normalized spacial score (nSPS) is 10.3. The van der Waals surface area contributed by atoms with Crippen LogP contribution in [0.15, 0.2) is 36.4 Å². The van der Waals surface area contributed by atoms with Crippen molar-refractivity contribution in [3.63, 3.8) is 0 Å². The van der Waals surface area contributed by atoms with Gasteiger partial charge in [0.25, 0.3) is 5.91 Å². The zero-order chi connectivity index (χ0) is 15.6. The maximum absolute atomic E-state index is 13.4. The number of amides is 1. The first-order valence-electron chi connectivity index (χ1n) is 6.21. The first-order chi connectivity index (χ1) is 9.88. The smallest absolute Gasteiger partial charge is 0.253 e. The summed E-state index contributed by atoms with van der Waals surface area (Å²) in [5, 5.41) is 3.04. The Bertz CT molecular complexity index is 689. The first kappa shape index (κ1) is 15.1. The number of hydrogen-bond acceptors (Lipinski definition) is 3. The predicted molar refractivity (Wildman–Crippen MR) is 83.6 cm³/mol. The lowest BCUT2D eigenvalue weighted by atomic mass is 10.1. The van der Waals surface area contributed by atoms with Crippen LogP contribution < -0.4 is 11.1 Å². The van der Waals surface area contributed by atoms with Crippen LogP contribution in [-0.4, -0.2) is 24.9 Å². The number of rotatable bonds is 3. The molecule has 0 saturated carbocycles. The average Bonchev–Trinajstić information content (AvgIpc) is 2.44. The van der Waals surface area contributed by atoms with E-state index in [-0.39, 0.29) is 10.9 Å². The van der Waals surface area contributed by atoms with Gasteiger partial charge in [-0.25, -0.2) is 4.39 Å². The van der Waals surface area contributed by atoms with E-state index in [1.807, 2.05) is 0 Å². The molecule has 2 aromatic carbocycles. The Labute approximate surface area is 127 Å². The molecule has 0 bridgehead atoms. The molecule has 2 aromatic rings. The fourth-order valence-corrected chi connectivity index (χ4v) is 1.91. The van der Waals surface area contributed by atoms with Crippen molar-refractivity contribution in [2.24, 2.45) is 0 Å². The topological polar surface area (TPSA) is 58.4 Å². The number of benzene rings is 2. The Hall–Kier alpha value is -2.27. The lowest BCUT2D eigenvalue weighted by Crippen LogP contribution is -2.21. The van der Waals surface area contributed by atoms with Gasteiger partial charge in [0.2, 0.25) is 0 Å². The molecule has 0 aromatic heterocycles. The number of carbonyl (C=O) groups is 1. The fraction of sp³-hybridized carbons (Fsp3) is 0.133. The van der Waals surface area contributed by atoms with Crippen molar-refractivity contribution < 1.29 is 9.18 Å². The van der Waals surface area contributed by atoms with Crippen LogP contribution in [0.5, 0.6) is 0 Å². The molecule has 0 atom stereocenters. The van der Waals surface area contributed by atoms with Gasteiger partial charge in [0.15, 0.2) is 0 Å². The molecule has 0 radical (unpaired) electrons. The highest BCUT2D eigenvalue weighted by Crippen LogP contribution is 2.26. The lowest BCUT2D eigenvalue weighted by Gasteiger charge is -2.13. The van der Waals surface area contributed by atoms with Gasteiger partial charge in [0, 0.05) is 25.3 Å². The molecule has 0 aliphatic heterocycles. The van der Waals surface area contributed by atoms with Crippen molar-refractivity contribution in [1.29, 1.82) is 0 Å². The zero-order valence-corrected chi connectivity index (χ0v) is 12.4. The summed E-state index contributed by atoms with van der Waals surface area (Å²) < 4.78 is 13.4. The van der Waals surface area contributed by atoms with Gasteiger partial charge in [-0.05, 0) is 36.4 Å². The lowest BCUT2D eigenvalue weighted by molar-refractivity contribution is 0.0827. The van der Waals surface area contributed by atoms with E-state index in [0.29, 0.717) is 22.6 Å². The Morgan fingerprint density at radius 3 is 2.52 bits per heavy atom. The highest BCUT2D eigenvalue weighted by Gasteiger charge is 2.10. The van der Waals surface area contributed by atoms with Gasteiger partial charge in [0.05, 0.1) is 16.4 Å². The SMILES string of the molecule is CN(C)C(=O)c1ccc(Nc2ccc(Cl)c(F)c2)c(N)c1. The highest BCUT2D eigenvalue weighted by molar-refractivity contribution is 6.30. The molecule has 0 unspecified atom stereocenters. The maximum Gasteiger partial charge on any atom is 0.253 e. The molecular weight excluding hydrogens is 293 g/mol. The highest BCUT2D eigenvalue weighted by atomic mass is 35.5. The molecule has 4 nitrogen and oxygen atoms in total. The standard InChI is InChI=1S/C15H15ClFN3O/c1-20(2)15(21)9-3-6-14(13(18)7-9)19-10-4-5-11(16)12(17)8-10/h3-8,19H,18H2,1-2H3. The number of halogens is 2. The van der Waals surface area contributed by atoms with Crippen LogP contribution in [0.1, 0.15) is 10.4 Å². The van der Waals surface area contributed by atoms with Crippen molar-refractivity contribution in [3.8, 4) is 0 Å². The summed E-state index contributed by atoms with van der Waals surface area (Å²) in [6.45, 7) is 0. The molecule has 0 spiro atoms. The number of nitrogens with zero attached hydrogens (tertiary/aromatic N) is 1. The van der Waals surface area contributed by atoms with E-state index in [1.54, 1.807) is 38.4 Å². The largest absolute Gasteiger partial charge is 0.397 e. The summed E-state index contributed by atoms with van der Waals surface area (Å²) in [4.78, 5) is 13.3. The molecule has 0 aliphatic rings. The Balaban J connectivity index is 2.25. The van der Waals surface area contributed by atoms with Crippen LogP contribution in [-0.2, 0) is 0 Å². The Kier molecular flexibility index (Phi) is 4.33. The molecule has 6 heteroatoms. The van der Waals surface area contributed by atoms with E-state index in [2.05, 4.69) is 5.32 Å². The Morgan fingerprint density at radius 2 is 1.95 bits per heavy atom. The minimum atomic E-state index is -0.514. The number of carbonyl (C=O) groups excluding carboxylic acids is 1. The number of anilines is 3. The number of hydrogen-bond donors (Lipinski definition) is 2. The summed E-state index contributed by atoms with van der Waals surface area (Å²) in [7, 11) is 3.34. The van der Waals surface area contributed by atoms with Crippen molar-refractivity contribution in [2.75, 3.05) is 25.1 Å². The van der Waals surface area contributed by atoms with E-state index in [4.69, 9.17) is 17.3 Å². The van der Waals surface area contributed by atoms with Crippen LogP contribution in [0, 0.1) is 5.82 Å². The summed E-state index contributed by atoms with van der Waals surface area (Å²) in [5.74, 6) is -0.648. The van der Waals surface area contributed by atoms with E-state index < -0.39 is 5.82 Å². The van der Waals surface area contributed by atoms with Gasteiger partial charge in [-0.15, -0.1) is 0 Å². The second-order valence-corrected chi connectivity index (χ2v) is 5.16. The van der Waals surface area contributed by atoms with Crippen LogP contribution in [0.2, 0.25) is 5.02 Å². The molecule has 0 fully saturated rings. The van der Waals surface area contributed by atoms with E-state index in [1.165, 1.54) is 17.0 Å². The third-order valence-corrected chi connectivity index (χ3v) is 3.21. The number of nitrogen functional groups attached to an aromatic ring is 1. The molecular formula is C15H15ClFN3O. The molecule has 0 saturated heterocycles.